The van der Waals surface area contributed by atoms with Gasteiger partial charge in [-0.3, -0.25) is 4.79 Å². The lowest BCUT2D eigenvalue weighted by molar-refractivity contribution is -0.119. The van der Waals surface area contributed by atoms with E-state index in [1.165, 1.54) is 24.3 Å². The molecular weight excluding hydrogens is 478 g/mol. The second kappa shape index (κ2) is 9.60. The average molecular weight is 496 g/mol. The Bertz CT molecular complexity index is 1490. The van der Waals surface area contributed by atoms with Crippen molar-refractivity contribution in [1.82, 2.24) is 4.98 Å². The van der Waals surface area contributed by atoms with E-state index >= 15 is 0 Å². The van der Waals surface area contributed by atoms with Crippen molar-refractivity contribution in [2.24, 2.45) is 5.14 Å². The minimum absolute atomic E-state index is 0.0852. The lowest BCUT2D eigenvalue weighted by atomic mass is 10.0. The molecule has 34 heavy (non-hydrogen) atoms. The zero-order valence-electron chi connectivity index (χ0n) is 17.6. The summed E-state index contributed by atoms with van der Waals surface area (Å²) in [4.78, 5) is 29.7. The summed E-state index contributed by atoms with van der Waals surface area (Å²) >= 11 is 5.97. The van der Waals surface area contributed by atoms with Gasteiger partial charge in [-0.2, -0.15) is 0 Å². The Balaban J connectivity index is 1.51. The van der Waals surface area contributed by atoms with Crippen LogP contribution in [0.5, 0.6) is 0 Å². The van der Waals surface area contributed by atoms with Gasteiger partial charge in [-0.1, -0.05) is 41.9 Å². The van der Waals surface area contributed by atoms with E-state index < -0.39 is 28.5 Å². The Labute approximate surface area is 200 Å². The molecule has 0 bridgehead atoms. The molecule has 172 valence electrons. The third kappa shape index (κ3) is 5.40. The van der Waals surface area contributed by atoms with Crippen molar-refractivity contribution in [3.63, 3.8) is 0 Å². The van der Waals surface area contributed by atoms with Gasteiger partial charge >= 0.3 is 5.97 Å². The number of fused-ring (bicyclic) bond motifs is 1. The molecule has 0 radical (unpaired) electrons. The van der Waals surface area contributed by atoms with Gasteiger partial charge in [0.25, 0.3) is 5.91 Å². The van der Waals surface area contributed by atoms with Crippen LogP contribution in [0.1, 0.15) is 10.4 Å². The number of nitrogens with zero attached hydrogens (tertiary/aromatic N) is 1. The minimum Gasteiger partial charge on any atom is -0.452 e. The number of anilines is 1. The summed E-state index contributed by atoms with van der Waals surface area (Å²) in [6.07, 6.45) is 0. The van der Waals surface area contributed by atoms with E-state index in [4.69, 9.17) is 21.5 Å². The fraction of sp³-hybridized carbons (Fsp3) is 0.0417. The van der Waals surface area contributed by atoms with Gasteiger partial charge < -0.3 is 10.1 Å². The lowest BCUT2D eigenvalue weighted by Gasteiger charge is -2.11. The molecule has 0 saturated heterocycles. The Kier molecular flexibility index (Phi) is 6.60. The largest absolute Gasteiger partial charge is 0.452 e. The van der Waals surface area contributed by atoms with Crippen molar-refractivity contribution in [1.29, 1.82) is 0 Å². The molecular formula is C24H18ClN3O5S. The number of carbonyl (C=O) groups is 2. The highest BCUT2D eigenvalue weighted by Gasteiger charge is 2.17. The second-order valence-electron chi connectivity index (χ2n) is 7.27. The van der Waals surface area contributed by atoms with Gasteiger partial charge in [0.05, 0.1) is 21.7 Å². The Morgan fingerprint density at radius 3 is 2.32 bits per heavy atom. The van der Waals surface area contributed by atoms with Gasteiger partial charge in [0.15, 0.2) is 6.61 Å². The maximum absolute atomic E-state index is 12.9. The van der Waals surface area contributed by atoms with Gasteiger partial charge in [-0.25, -0.2) is 23.3 Å². The number of rotatable bonds is 6. The van der Waals surface area contributed by atoms with Crippen LogP contribution in [0.4, 0.5) is 5.69 Å². The maximum Gasteiger partial charge on any atom is 0.339 e. The first-order valence-electron chi connectivity index (χ1n) is 9.96. The van der Waals surface area contributed by atoms with E-state index in [2.05, 4.69) is 10.3 Å². The van der Waals surface area contributed by atoms with Crippen molar-refractivity contribution in [3.05, 3.63) is 89.4 Å². The molecule has 0 aliphatic heterocycles. The van der Waals surface area contributed by atoms with Crippen LogP contribution < -0.4 is 10.5 Å². The number of aromatic nitrogens is 1. The summed E-state index contributed by atoms with van der Waals surface area (Å²) in [7, 11) is -3.84. The molecule has 0 saturated carbocycles. The Hall–Kier alpha value is -3.79. The van der Waals surface area contributed by atoms with Crippen molar-refractivity contribution >= 4 is 50.1 Å². The van der Waals surface area contributed by atoms with E-state index in [1.807, 2.05) is 6.07 Å². The molecule has 1 amide bonds. The number of esters is 1. The predicted molar refractivity (Wildman–Crippen MR) is 129 cm³/mol. The van der Waals surface area contributed by atoms with E-state index in [1.54, 1.807) is 48.5 Å². The lowest BCUT2D eigenvalue weighted by Crippen LogP contribution is -2.21. The average Bonchev–Trinajstić information content (AvgIpc) is 2.82. The summed E-state index contributed by atoms with van der Waals surface area (Å²) in [5.41, 5.74) is 2.52. The molecule has 0 unspecified atom stereocenters. The van der Waals surface area contributed by atoms with E-state index in [-0.39, 0.29) is 10.5 Å². The van der Waals surface area contributed by atoms with E-state index in [0.29, 0.717) is 27.3 Å². The van der Waals surface area contributed by atoms with Crippen LogP contribution in [-0.2, 0) is 19.6 Å². The van der Waals surface area contributed by atoms with Crippen LogP contribution in [-0.4, -0.2) is 31.9 Å². The smallest absolute Gasteiger partial charge is 0.339 e. The standard InChI is InChI=1S/C24H18ClN3O5S/c25-16-7-5-15(6-8-16)22-13-20(19-3-1-2-4-21(19)28-22)24(30)33-14-23(29)27-17-9-11-18(12-10-17)34(26,31)32/h1-13H,14H2,(H,27,29)(H2,26,31,32). The van der Waals surface area contributed by atoms with Crippen LogP contribution >= 0.6 is 11.6 Å². The molecule has 0 fully saturated rings. The number of sulfonamides is 1. The number of nitrogens with one attached hydrogen (secondary N) is 1. The van der Waals surface area contributed by atoms with Crippen molar-refractivity contribution in [3.8, 4) is 11.3 Å². The number of hydrogen-bond acceptors (Lipinski definition) is 6. The van der Waals surface area contributed by atoms with Gasteiger partial charge in [0.2, 0.25) is 10.0 Å². The highest BCUT2D eigenvalue weighted by Crippen LogP contribution is 2.26. The van der Waals surface area contributed by atoms with Gasteiger partial charge in [-0.15, -0.1) is 0 Å². The molecule has 0 atom stereocenters. The summed E-state index contributed by atoms with van der Waals surface area (Å²) in [6.45, 7) is -0.539. The molecule has 0 aliphatic rings. The molecule has 0 aliphatic carbocycles. The van der Waals surface area contributed by atoms with Crippen LogP contribution in [0.15, 0.2) is 83.8 Å². The summed E-state index contributed by atoms with van der Waals surface area (Å²) < 4.78 is 27.9. The van der Waals surface area contributed by atoms with Crippen LogP contribution in [0.3, 0.4) is 0 Å². The monoisotopic (exact) mass is 495 g/mol. The molecule has 1 heterocycles. The minimum atomic E-state index is -3.84. The third-order valence-corrected chi connectivity index (χ3v) is 6.06. The Morgan fingerprint density at radius 2 is 1.65 bits per heavy atom. The molecule has 1 aromatic heterocycles. The molecule has 10 heteroatoms. The number of primary sulfonamides is 1. The van der Waals surface area contributed by atoms with Gasteiger partial charge in [0, 0.05) is 21.7 Å². The number of hydrogen-bond donors (Lipinski definition) is 2. The highest BCUT2D eigenvalue weighted by molar-refractivity contribution is 7.89. The zero-order valence-corrected chi connectivity index (χ0v) is 19.1. The number of ether oxygens (including phenoxy) is 1. The van der Waals surface area contributed by atoms with Crippen molar-refractivity contribution < 1.29 is 22.7 Å². The van der Waals surface area contributed by atoms with E-state index in [0.717, 1.165) is 5.56 Å². The Morgan fingerprint density at radius 1 is 0.971 bits per heavy atom. The molecule has 3 aromatic carbocycles. The summed E-state index contributed by atoms with van der Waals surface area (Å²) in [5, 5.41) is 8.75. The fourth-order valence-corrected chi connectivity index (χ4v) is 3.89. The van der Waals surface area contributed by atoms with E-state index in [9.17, 15) is 18.0 Å². The molecule has 4 rings (SSSR count). The molecule has 8 nitrogen and oxygen atoms in total. The molecule has 0 spiro atoms. The number of nitrogens with two attached hydrogens (primary N) is 1. The second-order valence-corrected chi connectivity index (χ2v) is 9.27. The quantitative estimate of drug-likeness (QED) is 0.389. The molecule has 3 N–H and O–H groups in total. The number of benzene rings is 3. The predicted octanol–water partition coefficient (Wildman–Crippen LogP) is 4.00. The first-order valence-corrected chi connectivity index (χ1v) is 11.9. The number of carbonyl (C=O) groups excluding carboxylic acids is 2. The maximum atomic E-state index is 12.9. The summed E-state index contributed by atoms with van der Waals surface area (Å²) in [5.74, 6) is -1.28. The number of para-hydroxylation sites is 1. The zero-order chi connectivity index (χ0) is 24.3. The van der Waals surface area contributed by atoms with Crippen molar-refractivity contribution in [2.75, 3.05) is 11.9 Å². The van der Waals surface area contributed by atoms with Crippen LogP contribution in [0, 0.1) is 0 Å². The van der Waals surface area contributed by atoms with Crippen LogP contribution in [0.25, 0.3) is 22.2 Å². The number of pyridine rings is 1. The fourth-order valence-electron chi connectivity index (χ4n) is 3.25. The number of halogens is 1. The first kappa shape index (κ1) is 23.4. The third-order valence-electron chi connectivity index (χ3n) is 4.88. The van der Waals surface area contributed by atoms with Crippen molar-refractivity contribution in [2.45, 2.75) is 4.90 Å². The van der Waals surface area contributed by atoms with Gasteiger partial charge in [-0.05, 0) is 48.5 Å². The normalized spacial score (nSPS) is 11.2. The topological polar surface area (TPSA) is 128 Å². The number of amides is 1. The SMILES string of the molecule is NS(=O)(=O)c1ccc(NC(=O)COC(=O)c2cc(-c3ccc(Cl)cc3)nc3ccccc23)cc1. The first-order chi connectivity index (χ1) is 16.2. The highest BCUT2D eigenvalue weighted by atomic mass is 35.5. The molecule has 4 aromatic rings. The van der Waals surface area contributed by atoms with Gasteiger partial charge in [0.1, 0.15) is 0 Å². The van der Waals surface area contributed by atoms with Crippen LogP contribution in [0.2, 0.25) is 5.02 Å². The summed E-state index contributed by atoms with van der Waals surface area (Å²) in [6, 6.07) is 21.1.